The zero-order valence-electron chi connectivity index (χ0n) is 18.8. The van der Waals surface area contributed by atoms with E-state index in [2.05, 4.69) is 39.9 Å². The Morgan fingerprint density at radius 1 is 0.871 bits per heavy atom. The first-order valence-corrected chi connectivity index (χ1v) is 10.1. The molecule has 0 fully saturated rings. The molecule has 31 heavy (non-hydrogen) atoms. The molecule has 2 N–H and O–H groups in total. The van der Waals surface area contributed by atoms with Crippen LogP contribution in [0.15, 0.2) is 47.5 Å². The summed E-state index contributed by atoms with van der Waals surface area (Å²) < 4.78 is 21.9. The number of ether oxygens (including phenoxy) is 4. The van der Waals surface area contributed by atoms with E-state index in [1.165, 1.54) is 5.56 Å². The van der Waals surface area contributed by atoms with Gasteiger partial charge in [0.25, 0.3) is 0 Å². The van der Waals surface area contributed by atoms with Crippen LogP contribution < -0.4 is 24.8 Å². The van der Waals surface area contributed by atoms with Gasteiger partial charge >= 0.3 is 0 Å². The molecule has 7 nitrogen and oxygen atoms in total. The van der Waals surface area contributed by atoms with E-state index in [-0.39, 0.29) is 24.0 Å². The Kier molecular flexibility index (Phi) is 13.5. The van der Waals surface area contributed by atoms with Gasteiger partial charge in [-0.2, -0.15) is 0 Å². The van der Waals surface area contributed by atoms with Gasteiger partial charge in [0, 0.05) is 26.7 Å². The maximum atomic E-state index is 5.72. The maximum Gasteiger partial charge on any atom is 0.203 e. The summed E-state index contributed by atoms with van der Waals surface area (Å²) in [4.78, 5) is 4.26. The zero-order valence-corrected chi connectivity index (χ0v) is 21.1. The van der Waals surface area contributed by atoms with E-state index in [4.69, 9.17) is 18.9 Å². The molecule has 0 saturated heterocycles. The largest absolute Gasteiger partial charge is 0.493 e. The smallest absolute Gasteiger partial charge is 0.203 e. The van der Waals surface area contributed by atoms with Crippen LogP contribution in [0.1, 0.15) is 17.5 Å². The number of aliphatic imine (C=N–C) groups is 1. The average Bonchev–Trinajstić information content (AvgIpc) is 2.80. The molecule has 0 radical (unpaired) electrons. The van der Waals surface area contributed by atoms with Gasteiger partial charge in [-0.25, -0.2) is 0 Å². The Labute approximate surface area is 202 Å². The van der Waals surface area contributed by atoms with E-state index >= 15 is 0 Å². The molecule has 0 unspecified atom stereocenters. The molecule has 0 bridgehead atoms. The predicted octanol–water partition coefficient (Wildman–Crippen LogP) is 3.64. The highest BCUT2D eigenvalue weighted by Gasteiger charge is 2.13. The van der Waals surface area contributed by atoms with Crippen molar-refractivity contribution in [3.63, 3.8) is 0 Å². The third kappa shape index (κ3) is 9.22. The summed E-state index contributed by atoms with van der Waals surface area (Å²) in [5, 5.41) is 6.60. The number of nitrogens with zero attached hydrogens (tertiary/aromatic N) is 1. The van der Waals surface area contributed by atoms with E-state index in [1.54, 1.807) is 28.4 Å². The highest BCUT2D eigenvalue weighted by atomic mass is 127. The quantitative estimate of drug-likeness (QED) is 0.184. The lowest BCUT2D eigenvalue weighted by atomic mass is 10.2. The van der Waals surface area contributed by atoms with E-state index in [9.17, 15) is 0 Å². The molecule has 2 aromatic carbocycles. The molecule has 0 atom stereocenters. The Bertz CT molecular complexity index is 763. The lowest BCUT2D eigenvalue weighted by molar-refractivity contribution is 0.135. The van der Waals surface area contributed by atoms with Crippen molar-refractivity contribution in [2.75, 3.05) is 48.1 Å². The molecule has 0 saturated carbocycles. The van der Waals surface area contributed by atoms with Gasteiger partial charge in [-0.1, -0.05) is 30.3 Å². The number of hydrogen-bond acceptors (Lipinski definition) is 5. The third-order valence-electron chi connectivity index (χ3n) is 4.54. The topological polar surface area (TPSA) is 73.3 Å². The Balaban J connectivity index is 0.00000480. The first-order valence-electron chi connectivity index (χ1n) is 10.1. The normalized spacial score (nSPS) is 10.8. The molecular formula is C23H34IN3O4. The molecule has 0 aliphatic carbocycles. The first-order chi connectivity index (χ1) is 14.7. The second kappa shape index (κ2) is 15.6. The number of guanidine groups is 1. The van der Waals surface area contributed by atoms with Gasteiger partial charge in [0.15, 0.2) is 17.5 Å². The number of nitrogens with one attached hydrogen (secondary N) is 2. The van der Waals surface area contributed by atoms with E-state index in [0.717, 1.165) is 37.5 Å². The minimum absolute atomic E-state index is 0. The summed E-state index contributed by atoms with van der Waals surface area (Å²) in [5.41, 5.74) is 2.30. The van der Waals surface area contributed by atoms with Crippen LogP contribution >= 0.6 is 24.0 Å². The van der Waals surface area contributed by atoms with Gasteiger partial charge in [0.1, 0.15) is 0 Å². The molecule has 0 aliphatic heterocycles. The summed E-state index contributed by atoms with van der Waals surface area (Å²) in [7, 11) is 6.56. The van der Waals surface area contributed by atoms with Gasteiger partial charge in [-0.05, 0) is 36.1 Å². The van der Waals surface area contributed by atoms with Crippen LogP contribution in [0.3, 0.4) is 0 Å². The van der Waals surface area contributed by atoms with Crippen molar-refractivity contribution in [3.05, 3.63) is 53.6 Å². The van der Waals surface area contributed by atoms with Crippen LogP contribution in [0.25, 0.3) is 0 Å². The maximum absolute atomic E-state index is 5.72. The second-order valence-electron chi connectivity index (χ2n) is 6.59. The highest BCUT2D eigenvalue weighted by molar-refractivity contribution is 14.0. The SMILES string of the molecule is CN=C(NCCCOCCc1ccccc1)NCc1cc(OC)c(OC)c(OC)c1.I. The molecule has 0 aliphatic rings. The van der Waals surface area contributed by atoms with E-state index in [0.29, 0.717) is 30.4 Å². The van der Waals surface area contributed by atoms with Crippen molar-refractivity contribution in [1.29, 1.82) is 0 Å². The lowest BCUT2D eigenvalue weighted by Gasteiger charge is -2.16. The van der Waals surface area contributed by atoms with Gasteiger partial charge in [-0.3, -0.25) is 4.99 Å². The molecule has 8 heteroatoms. The summed E-state index contributed by atoms with van der Waals surface area (Å²) in [6.45, 7) is 2.80. The Morgan fingerprint density at radius 3 is 2.13 bits per heavy atom. The molecule has 2 rings (SSSR count). The van der Waals surface area contributed by atoms with Gasteiger partial charge in [0.05, 0.1) is 27.9 Å². The van der Waals surface area contributed by atoms with Crippen LogP contribution in [-0.4, -0.2) is 54.1 Å². The molecule has 0 amide bonds. The second-order valence-corrected chi connectivity index (χ2v) is 6.59. The van der Waals surface area contributed by atoms with Crippen LogP contribution in [0.4, 0.5) is 0 Å². The van der Waals surface area contributed by atoms with Crippen molar-refractivity contribution < 1.29 is 18.9 Å². The molecule has 0 heterocycles. The van der Waals surface area contributed by atoms with Gasteiger partial charge in [0.2, 0.25) is 5.75 Å². The molecule has 172 valence electrons. The summed E-state index contributed by atoms with van der Waals surface area (Å²) in [6, 6.07) is 14.2. The Morgan fingerprint density at radius 2 is 1.55 bits per heavy atom. The fourth-order valence-corrected chi connectivity index (χ4v) is 2.96. The molecular weight excluding hydrogens is 509 g/mol. The number of benzene rings is 2. The summed E-state index contributed by atoms with van der Waals surface area (Å²) >= 11 is 0. The first kappa shape index (κ1) is 26.8. The summed E-state index contributed by atoms with van der Waals surface area (Å²) in [5.74, 6) is 2.57. The molecule has 2 aromatic rings. The van der Waals surface area contributed by atoms with Crippen LogP contribution in [0.5, 0.6) is 17.2 Å². The average molecular weight is 543 g/mol. The van der Waals surface area contributed by atoms with Crippen LogP contribution in [0, 0.1) is 0 Å². The minimum Gasteiger partial charge on any atom is -0.493 e. The monoisotopic (exact) mass is 543 g/mol. The lowest BCUT2D eigenvalue weighted by Crippen LogP contribution is -2.37. The van der Waals surface area contributed by atoms with Crippen LogP contribution in [-0.2, 0) is 17.7 Å². The number of hydrogen-bond donors (Lipinski definition) is 2. The fourth-order valence-electron chi connectivity index (χ4n) is 2.96. The predicted molar refractivity (Wildman–Crippen MR) is 135 cm³/mol. The standard InChI is InChI=1S/C23H33N3O4.HI/c1-24-23(25-12-8-13-30-14-11-18-9-6-5-7-10-18)26-17-19-15-20(27-2)22(29-4)21(16-19)28-3;/h5-7,9-10,15-16H,8,11-14,17H2,1-4H3,(H2,24,25,26);1H. The van der Waals surface area contributed by atoms with Crippen LogP contribution in [0.2, 0.25) is 0 Å². The van der Waals surface area contributed by atoms with Crippen molar-refractivity contribution in [3.8, 4) is 17.2 Å². The molecule has 0 spiro atoms. The zero-order chi connectivity index (χ0) is 21.6. The van der Waals surface area contributed by atoms with Gasteiger partial charge in [-0.15, -0.1) is 24.0 Å². The van der Waals surface area contributed by atoms with E-state index in [1.807, 2.05) is 18.2 Å². The third-order valence-corrected chi connectivity index (χ3v) is 4.54. The fraction of sp³-hybridized carbons (Fsp3) is 0.435. The number of methoxy groups -OCH3 is 3. The molecule has 0 aromatic heterocycles. The number of rotatable bonds is 12. The van der Waals surface area contributed by atoms with Gasteiger partial charge < -0.3 is 29.6 Å². The van der Waals surface area contributed by atoms with Crippen molar-refractivity contribution >= 4 is 29.9 Å². The van der Waals surface area contributed by atoms with Crippen molar-refractivity contribution in [2.24, 2.45) is 4.99 Å². The van der Waals surface area contributed by atoms with Crippen molar-refractivity contribution in [1.82, 2.24) is 10.6 Å². The summed E-state index contributed by atoms with van der Waals surface area (Å²) in [6.07, 6.45) is 1.84. The van der Waals surface area contributed by atoms with Crippen molar-refractivity contribution in [2.45, 2.75) is 19.4 Å². The highest BCUT2D eigenvalue weighted by Crippen LogP contribution is 2.38. The number of halogens is 1. The van der Waals surface area contributed by atoms with E-state index < -0.39 is 0 Å². The minimum atomic E-state index is 0. The Hall–Kier alpha value is -2.20.